The van der Waals surface area contributed by atoms with E-state index in [0.29, 0.717) is 5.92 Å². The first kappa shape index (κ1) is 9.96. The Morgan fingerprint density at radius 1 is 1.58 bits per heavy atom. The van der Waals surface area contributed by atoms with Crippen LogP contribution in [0.2, 0.25) is 0 Å². The van der Waals surface area contributed by atoms with E-state index in [4.69, 9.17) is 0 Å². The van der Waals surface area contributed by atoms with Gasteiger partial charge in [-0.3, -0.25) is 4.98 Å². The predicted molar refractivity (Wildman–Crippen MR) is 60.3 cm³/mol. The van der Waals surface area contributed by atoms with Crippen LogP contribution < -0.4 is 0 Å². The van der Waals surface area contributed by atoms with Crippen molar-refractivity contribution in [2.24, 2.45) is 0 Å². The van der Waals surface area contributed by atoms with Crippen LogP contribution in [0.25, 0.3) is 0 Å². The van der Waals surface area contributed by atoms with Gasteiger partial charge >= 0.3 is 0 Å². The molecule has 0 amide bonds. The molecule has 1 rings (SSSR count). The molecule has 1 aromatic rings. The normalized spacial score (nSPS) is 12.9. The zero-order valence-corrected chi connectivity index (χ0v) is 9.71. The maximum Gasteiger partial charge on any atom is 0.0313 e. The molecule has 0 radical (unpaired) electrons. The number of rotatable bonds is 3. The van der Waals surface area contributed by atoms with E-state index in [2.05, 4.69) is 47.5 Å². The molecule has 0 saturated carbocycles. The Morgan fingerprint density at radius 3 is 2.92 bits per heavy atom. The van der Waals surface area contributed by atoms with E-state index < -0.39 is 0 Å². The van der Waals surface area contributed by atoms with E-state index in [1.165, 1.54) is 22.0 Å². The molecule has 0 aliphatic heterocycles. The minimum absolute atomic E-state index is 0.649. The summed E-state index contributed by atoms with van der Waals surface area (Å²) >= 11 is 2.38. The van der Waals surface area contributed by atoms with E-state index in [1.54, 1.807) is 0 Å². The van der Waals surface area contributed by atoms with Crippen molar-refractivity contribution in [3.8, 4) is 0 Å². The highest BCUT2D eigenvalue weighted by atomic mass is 127. The first-order valence-corrected chi connectivity index (χ1v) is 5.43. The molecule has 0 spiro atoms. The van der Waals surface area contributed by atoms with Crippen LogP contribution in [0.15, 0.2) is 18.5 Å². The molecule has 0 aliphatic rings. The summed E-state index contributed by atoms with van der Waals surface area (Å²) in [4.78, 5) is 4.14. The second kappa shape index (κ2) is 4.80. The Balaban J connectivity index is 2.79. The lowest BCUT2D eigenvalue weighted by molar-refractivity contribution is 0.659. The summed E-state index contributed by atoms with van der Waals surface area (Å²) < 4.78 is 1.34. The molecular formula is C10H14IN. The third-order valence-electron chi connectivity index (χ3n) is 2.05. The Kier molecular flexibility index (Phi) is 3.98. The molecule has 0 aliphatic carbocycles. The molecule has 0 saturated heterocycles. The first-order valence-electron chi connectivity index (χ1n) is 4.35. The topological polar surface area (TPSA) is 12.9 Å². The van der Waals surface area contributed by atoms with Crippen molar-refractivity contribution < 1.29 is 0 Å². The lowest BCUT2D eigenvalue weighted by Gasteiger charge is -2.11. The lowest BCUT2D eigenvalue weighted by Crippen LogP contribution is -1.96. The predicted octanol–water partition coefficient (Wildman–Crippen LogP) is 3.59. The number of hydrogen-bond donors (Lipinski definition) is 0. The van der Waals surface area contributed by atoms with E-state index in [1.807, 2.05) is 12.4 Å². The average molecular weight is 275 g/mol. The fourth-order valence-electron chi connectivity index (χ4n) is 1.34. The quantitative estimate of drug-likeness (QED) is 0.768. The Labute approximate surface area is 87.7 Å². The smallest absolute Gasteiger partial charge is 0.0313 e. The monoisotopic (exact) mass is 275 g/mol. The number of aromatic nitrogens is 1. The fourth-order valence-corrected chi connectivity index (χ4v) is 2.17. The van der Waals surface area contributed by atoms with Gasteiger partial charge < -0.3 is 0 Å². The standard InChI is InChI=1S/C10H14IN/c1-3-4-8(2)9-7-12-6-5-10(9)11/h5-8H,3-4H2,1-2H3. The van der Waals surface area contributed by atoms with Gasteiger partial charge in [0.05, 0.1) is 0 Å². The molecule has 0 N–H and O–H groups in total. The molecule has 1 heterocycles. The number of nitrogens with zero attached hydrogens (tertiary/aromatic N) is 1. The minimum atomic E-state index is 0.649. The number of hydrogen-bond acceptors (Lipinski definition) is 1. The first-order chi connectivity index (χ1) is 5.75. The van der Waals surface area contributed by atoms with E-state index >= 15 is 0 Å². The van der Waals surface area contributed by atoms with Gasteiger partial charge in [0.2, 0.25) is 0 Å². The van der Waals surface area contributed by atoms with Crippen LogP contribution in [0.3, 0.4) is 0 Å². The van der Waals surface area contributed by atoms with Crippen LogP contribution >= 0.6 is 22.6 Å². The maximum absolute atomic E-state index is 4.14. The highest BCUT2D eigenvalue weighted by Crippen LogP contribution is 2.23. The molecule has 66 valence electrons. The third kappa shape index (κ3) is 2.44. The molecule has 1 atom stereocenters. The summed E-state index contributed by atoms with van der Waals surface area (Å²) in [6, 6.07) is 2.07. The SMILES string of the molecule is CCCC(C)c1cnccc1I. The van der Waals surface area contributed by atoms with Gasteiger partial charge in [0.25, 0.3) is 0 Å². The molecular weight excluding hydrogens is 261 g/mol. The van der Waals surface area contributed by atoms with Gasteiger partial charge in [-0.05, 0) is 46.6 Å². The van der Waals surface area contributed by atoms with Crippen molar-refractivity contribution >= 4 is 22.6 Å². The summed E-state index contributed by atoms with van der Waals surface area (Å²) in [6.45, 7) is 4.49. The van der Waals surface area contributed by atoms with Gasteiger partial charge in [0.15, 0.2) is 0 Å². The summed E-state index contributed by atoms with van der Waals surface area (Å²) in [5.74, 6) is 0.649. The second-order valence-corrected chi connectivity index (χ2v) is 4.25. The molecule has 1 aromatic heterocycles. The van der Waals surface area contributed by atoms with Crippen LogP contribution in [-0.4, -0.2) is 4.98 Å². The lowest BCUT2D eigenvalue weighted by atomic mass is 9.98. The second-order valence-electron chi connectivity index (χ2n) is 3.09. The zero-order chi connectivity index (χ0) is 8.97. The highest BCUT2D eigenvalue weighted by molar-refractivity contribution is 14.1. The van der Waals surface area contributed by atoms with Gasteiger partial charge in [0.1, 0.15) is 0 Å². The molecule has 0 fully saturated rings. The van der Waals surface area contributed by atoms with Crippen LogP contribution in [0.1, 0.15) is 38.2 Å². The minimum Gasteiger partial charge on any atom is -0.264 e. The largest absolute Gasteiger partial charge is 0.264 e. The van der Waals surface area contributed by atoms with E-state index in [9.17, 15) is 0 Å². The van der Waals surface area contributed by atoms with Crippen molar-refractivity contribution in [2.75, 3.05) is 0 Å². The van der Waals surface area contributed by atoms with Crippen LogP contribution in [0.5, 0.6) is 0 Å². The third-order valence-corrected chi connectivity index (χ3v) is 3.03. The van der Waals surface area contributed by atoms with Crippen LogP contribution in [0, 0.1) is 3.57 Å². The van der Waals surface area contributed by atoms with Gasteiger partial charge in [0, 0.05) is 16.0 Å². The molecule has 0 bridgehead atoms. The maximum atomic E-state index is 4.14. The Bertz CT molecular complexity index is 247. The van der Waals surface area contributed by atoms with Crippen molar-refractivity contribution in [1.82, 2.24) is 4.98 Å². The summed E-state index contributed by atoms with van der Waals surface area (Å²) in [5, 5.41) is 0. The molecule has 1 unspecified atom stereocenters. The van der Waals surface area contributed by atoms with Crippen molar-refractivity contribution in [3.63, 3.8) is 0 Å². The molecule has 2 heteroatoms. The fraction of sp³-hybridized carbons (Fsp3) is 0.500. The van der Waals surface area contributed by atoms with Gasteiger partial charge in [-0.2, -0.15) is 0 Å². The molecule has 1 nitrogen and oxygen atoms in total. The van der Waals surface area contributed by atoms with Crippen molar-refractivity contribution in [1.29, 1.82) is 0 Å². The van der Waals surface area contributed by atoms with Crippen LogP contribution in [0.4, 0.5) is 0 Å². The summed E-state index contributed by atoms with van der Waals surface area (Å²) in [5.41, 5.74) is 1.39. The Morgan fingerprint density at radius 2 is 2.33 bits per heavy atom. The van der Waals surface area contributed by atoms with Gasteiger partial charge in [-0.15, -0.1) is 0 Å². The van der Waals surface area contributed by atoms with Crippen molar-refractivity contribution in [3.05, 3.63) is 27.6 Å². The van der Waals surface area contributed by atoms with Crippen molar-refractivity contribution in [2.45, 2.75) is 32.6 Å². The molecule has 0 aromatic carbocycles. The zero-order valence-electron chi connectivity index (χ0n) is 7.55. The van der Waals surface area contributed by atoms with Crippen LogP contribution in [-0.2, 0) is 0 Å². The van der Waals surface area contributed by atoms with E-state index in [0.717, 1.165) is 0 Å². The molecule has 12 heavy (non-hydrogen) atoms. The summed E-state index contributed by atoms with van der Waals surface area (Å²) in [7, 11) is 0. The van der Waals surface area contributed by atoms with Gasteiger partial charge in [-0.1, -0.05) is 20.3 Å². The average Bonchev–Trinajstić information content (AvgIpc) is 2.05. The number of halogens is 1. The van der Waals surface area contributed by atoms with Gasteiger partial charge in [-0.25, -0.2) is 0 Å². The Hall–Kier alpha value is -0.120. The number of pyridine rings is 1. The summed E-state index contributed by atoms with van der Waals surface area (Å²) in [6.07, 6.45) is 6.33. The van der Waals surface area contributed by atoms with E-state index in [-0.39, 0.29) is 0 Å². The highest BCUT2D eigenvalue weighted by Gasteiger charge is 2.07.